The lowest BCUT2D eigenvalue weighted by Crippen LogP contribution is -2.68. The molecule has 150 valence electrons. The van der Waals surface area contributed by atoms with Crippen molar-refractivity contribution >= 4 is 29.3 Å². The Kier molecular flexibility index (Phi) is 5.14. The third kappa shape index (κ3) is 3.72. The Hall–Kier alpha value is -3.80. The van der Waals surface area contributed by atoms with Crippen LogP contribution in [0.15, 0.2) is 84.9 Å². The number of β-lactam (4-membered cyclic amide) rings is 1. The first-order valence-electron chi connectivity index (χ1n) is 9.38. The van der Waals surface area contributed by atoms with Crippen molar-refractivity contribution in [2.24, 2.45) is 0 Å². The van der Waals surface area contributed by atoms with Crippen LogP contribution in [0.2, 0.25) is 0 Å². The number of anilines is 2. The molecule has 1 fully saturated rings. The number of nitrogens with one attached hydrogen (secondary N) is 1. The van der Waals surface area contributed by atoms with Gasteiger partial charge in [0.2, 0.25) is 5.91 Å². The zero-order chi connectivity index (χ0) is 21.1. The van der Waals surface area contributed by atoms with Gasteiger partial charge in [0.1, 0.15) is 11.6 Å². The summed E-state index contributed by atoms with van der Waals surface area (Å²) >= 11 is 0. The van der Waals surface area contributed by atoms with E-state index in [4.69, 9.17) is 0 Å². The molecule has 0 saturated carbocycles. The van der Waals surface area contributed by atoms with Crippen molar-refractivity contribution in [3.63, 3.8) is 0 Å². The molecule has 1 heterocycles. The third-order valence-electron chi connectivity index (χ3n) is 5.00. The van der Waals surface area contributed by atoms with Crippen LogP contribution < -0.4 is 10.2 Å². The fourth-order valence-corrected chi connectivity index (χ4v) is 3.45. The minimum atomic E-state index is -1.29. The second-order valence-corrected chi connectivity index (χ2v) is 7.01. The van der Waals surface area contributed by atoms with Gasteiger partial charge in [0.05, 0.1) is 6.42 Å². The normalized spacial score (nSPS) is 18.3. The fourth-order valence-electron chi connectivity index (χ4n) is 3.45. The number of halogens is 2. The van der Waals surface area contributed by atoms with Crippen LogP contribution in [0.3, 0.4) is 0 Å². The van der Waals surface area contributed by atoms with Crippen LogP contribution in [0, 0.1) is 11.6 Å². The van der Waals surface area contributed by atoms with Crippen LogP contribution in [0.4, 0.5) is 20.2 Å². The van der Waals surface area contributed by atoms with Crippen molar-refractivity contribution in [1.82, 2.24) is 0 Å². The van der Waals surface area contributed by atoms with Crippen LogP contribution in [0.1, 0.15) is 12.0 Å². The van der Waals surface area contributed by atoms with E-state index in [9.17, 15) is 18.4 Å². The number of hydrogen-bond acceptors (Lipinski definition) is 2. The van der Waals surface area contributed by atoms with Crippen LogP contribution in [0.5, 0.6) is 0 Å². The van der Waals surface area contributed by atoms with Crippen LogP contribution in [-0.4, -0.2) is 17.4 Å². The molecule has 3 aromatic rings. The molecule has 0 aromatic heterocycles. The maximum atomic E-state index is 13.4. The van der Waals surface area contributed by atoms with Gasteiger partial charge in [-0.3, -0.25) is 14.5 Å². The number of carbonyl (C=O) groups excluding carboxylic acids is 2. The van der Waals surface area contributed by atoms with Crippen LogP contribution >= 0.6 is 0 Å². The summed E-state index contributed by atoms with van der Waals surface area (Å²) < 4.78 is 26.6. The smallest absolute Gasteiger partial charge is 0.255 e. The van der Waals surface area contributed by atoms with Crippen molar-refractivity contribution in [2.45, 2.75) is 12.0 Å². The average molecular weight is 404 g/mol. The number of rotatable bonds is 5. The topological polar surface area (TPSA) is 49.4 Å². The molecular weight excluding hydrogens is 386 g/mol. The minimum absolute atomic E-state index is 0.0409. The Labute approximate surface area is 172 Å². The molecule has 1 N–H and O–H groups in total. The monoisotopic (exact) mass is 404 g/mol. The van der Waals surface area contributed by atoms with E-state index in [2.05, 4.69) is 5.32 Å². The predicted molar refractivity (Wildman–Crippen MR) is 112 cm³/mol. The molecule has 2 amide bonds. The molecule has 0 aliphatic carbocycles. The van der Waals surface area contributed by atoms with Gasteiger partial charge in [0.15, 0.2) is 5.54 Å². The molecule has 1 saturated heterocycles. The van der Waals surface area contributed by atoms with Gasteiger partial charge in [-0.15, -0.1) is 0 Å². The van der Waals surface area contributed by atoms with E-state index >= 15 is 0 Å². The highest BCUT2D eigenvalue weighted by Crippen LogP contribution is 2.40. The van der Waals surface area contributed by atoms with E-state index in [0.29, 0.717) is 11.4 Å². The SMILES string of the molecule is O=C1CC(C=Cc2ccccc2)(C(=O)Nc2ccc(F)cc2)N1c1ccc(F)cc1. The van der Waals surface area contributed by atoms with Gasteiger partial charge in [-0.1, -0.05) is 36.4 Å². The summed E-state index contributed by atoms with van der Waals surface area (Å²) in [6.45, 7) is 0. The molecule has 1 aliphatic heterocycles. The van der Waals surface area contributed by atoms with Gasteiger partial charge in [0, 0.05) is 11.4 Å². The lowest BCUT2D eigenvalue weighted by Gasteiger charge is -2.48. The number of benzene rings is 3. The lowest BCUT2D eigenvalue weighted by molar-refractivity contribution is -0.134. The number of nitrogens with zero attached hydrogens (tertiary/aromatic N) is 1. The van der Waals surface area contributed by atoms with Gasteiger partial charge in [-0.2, -0.15) is 0 Å². The van der Waals surface area contributed by atoms with E-state index in [1.165, 1.54) is 53.4 Å². The van der Waals surface area contributed by atoms with Crippen molar-refractivity contribution in [3.05, 3.63) is 102 Å². The zero-order valence-electron chi connectivity index (χ0n) is 15.9. The van der Waals surface area contributed by atoms with E-state index < -0.39 is 23.1 Å². The summed E-state index contributed by atoms with van der Waals surface area (Å²) in [4.78, 5) is 27.2. The Morgan fingerprint density at radius 3 is 2.10 bits per heavy atom. The summed E-state index contributed by atoms with van der Waals surface area (Å²) in [5.41, 5.74) is 0.399. The molecular formula is C24H18F2N2O2. The maximum absolute atomic E-state index is 13.4. The van der Waals surface area contributed by atoms with Crippen LogP contribution in [-0.2, 0) is 9.59 Å². The van der Waals surface area contributed by atoms with Gasteiger partial charge in [-0.25, -0.2) is 8.78 Å². The molecule has 4 rings (SSSR count). The van der Waals surface area contributed by atoms with Gasteiger partial charge >= 0.3 is 0 Å². The quantitative estimate of drug-likeness (QED) is 0.622. The highest BCUT2D eigenvalue weighted by Gasteiger charge is 2.55. The summed E-state index contributed by atoms with van der Waals surface area (Å²) in [6, 6.07) is 20.2. The van der Waals surface area contributed by atoms with E-state index in [0.717, 1.165) is 5.56 Å². The summed E-state index contributed by atoms with van der Waals surface area (Å²) in [5.74, 6) is -1.55. The Morgan fingerprint density at radius 2 is 1.50 bits per heavy atom. The number of amides is 2. The van der Waals surface area contributed by atoms with Gasteiger partial charge in [0.25, 0.3) is 5.91 Å². The molecule has 0 bridgehead atoms. The fraction of sp³-hybridized carbons (Fsp3) is 0.0833. The second-order valence-electron chi connectivity index (χ2n) is 7.01. The molecule has 1 aliphatic rings. The number of hydrogen-bond donors (Lipinski definition) is 1. The average Bonchev–Trinajstić information content (AvgIpc) is 2.74. The van der Waals surface area contributed by atoms with E-state index in [1.54, 1.807) is 12.2 Å². The van der Waals surface area contributed by atoms with Crippen molar-refractivity contribution in [1.29, 1.82) is 0 Å². The molecule has 0 radical (unpaired) electrons. The maximum Gasteiger partial charge on any atom is 0.255 e. The van der Waals surface area contributed by atoms with Crippen molar-refractivity contribution in [2.75, 3.05) is 10.2 Å². The van der Waals surface area contributed by atoms with Crippen molar-refractivity contribution in [3.8, 4) is 0 Å². The lowest BCUT2D eigenvalue weighted by atomic mass is 9.81. The Balaban J connectivity index is 1.71. The number of carbonyl (C=O) groups is 2. The van der Waals surface area contributed by atoms with Gasteiger partial charge < -0.3 is 5.32 Å². The summed E-state index contributed by atoms with van der Waals surface area (Å²) in [5, 5.41) is 2.76. The first-order chi connectivity index (χ1) is 14.5. The van der Waals surface area contributed by atoms with Gasteiger partial charge in [-0.05, 0) is 60.2 Å². The Morgan fingerprint density at radius 1 is 0.900 bits per heavy atom. The minimum Gasteiger partial charge on any atom is -0.324 e. The third-order valence-corrected chi connectivity index (χ3v) is 5.00. The first-order valence-corrected chi connectivity index (χ1v) is 9.38. The van der Waals surface area contributed by atoms with Crippen molar-refractivity contribution < 1.29 is 18.4 Å². The molecule has 4 nitrogen and oxygen atoms in total. The molecule has 1 atom stereocenters. The highest BCUT2D eigenvalue weighted by atomic mass is 19.1. The standard InChI is InChI=1S/C24H18F2N2O2/c25-18-6-10-20(11-7-18)27-23(30)24(15-14-17-4-2-1-3-5-17)16-22(29)28(24)21-12-8-19(26)9-13-21/h1-15H,16H2,(H,27,30). The molecule has 3 aromatic carbocycles. The highest BCUT2D eigenvalue weighted by molar-refractivity contribution is 6.18. The summed E-state index contributed by atoms with van der Waals surface area (Å²) in [6.07, 6.45) is 3.40. The van der Waals surface area contributed by atoms with E-state index in [1.807, 2.05) is 30.3 Å². The predicted octanol–water partition coefficient (Wildman–Crippen LogP) is 4.79. The molecule has 0 spiro atoms. The summed E-state index contributed by atoms with van der Waals surface area (Å²) in [7, 11) is 0. The molecule has 1 unspecified atom stereocenters. The van der Waals surface area contributed by atoms with Crippen LogP contribution in [0.25, 0.3) is 6.08 Å². The zero-order valence-corrected chi connectivity index (χ0v) is 15.9. The Bertz CT molecular complexity index is 1100. The second kappa shape index (κ2) is 7.91. The first kappa shape index (κ1) is 19.5. The largest absolute Gasteiger partial charge is 0.324 e. The van der Waals surface area contributed by atoms with E-state index in [-0.39, 0.29) is 12.3 Å². The molecule has 6 heteroatoms. The molecule has 30 heavy (non-hydrogen) atoms.